The number of nitrogens with one attached hydrogen (secondary N) is 1. The van der Waals surface area contributed by atoms with E-state index in [1.165, 1.54) is 30.5 Å². The number of rotatable bonds is 6. The van der Waals surface area contributed by atoms with Crippen LogP contribution in [0.4, 0.5) is 15.9 Å². The number of anilines is 2. The van der Waals surface area contributed by atoms with Gasteiger partial charge in [-0.05, 0) is 58.8 Å². The summed E-state index contributed by atoms with van der Waals surface area (Å²) in [5.41, 5.74) is 8.24. The molecule has 5 rings (SSSR count). The van der Waals surface area contributed by atoms with Crippen LogP contribution in [0.1, 0.15) is 0 Å². The number of nitrogen functional groups attached to an aromatic ring is 1. The van der Waals surface area contributed by atoms with E-state index in [1.54, 1.807) is 34.9 Å². The van der Waals surface area contributed by atoms with Gasteiger partial charge in [0.15, 0.2) is 17.3 Å². The number of aromatic nitrogens is 5. The summed E-state index contributed by atoms with van der Waals surface area (Å²) in [5.74, 6) is 0.640. The second-order valence-electron chi connectivity index (χ2n) is 7.26. The van der Waals surface area contributed by atoms with E-state index < -0.39 is 10.0 Å². The van der Waals surface area contributed by atoms with Gasteiger partial charge in [0, 0.05) is 17.4 Å². The minimum absolute atomic E-state index is 0.0441. The lowest BCUT2D eigenvalue weighted by Gasteiger charge is -2.10. The average molecular weight is 481 g/mol. The Kier molecular flexibility index (Phi) is 5.09. The lowest BCUT2D eigenvalue weighted by Crippen LogP contribution is -2.09. The van der Waals surface area contributed by atoms with Gasteiger partial charge >= 0.3 is 0 Å². The third-order valence-electron chi connectivity index (χ3n) is 4.71. The summed E-state index contributed by atoms with van der Waals surface area (Å²) >= 11 is 0. The molecular weight excluding hydrogens is 465 g/mol. The van der Waals surface area contributed by atoms with Crippen molar-refractivity contribution in [2.45, 2.75) is 0 Å². The average Bonchev–Trinajstić information content (AvgIpc) is 3.37. The Balaban J connectivity index is 1.63. The Labute approximate surface area is 192 Å². The van der Waals surface area contributed by atoms with Gasteiger partial charge in [0.25, 0.3) is 0 Å². The zero-order chi connectivity index (χ0) is 23.9. The molecule has 0 radical (unpaired) electrons. The minimum Gasteiger partial charge on any atom is -0.439 e. The van der Waals surface area contributed by atoms with Crippen molar-refractivity contribution in [1.82, 2.24) is 24.8 Å². The van der Waals surface area contributed by atoms with E-state index in [9.17, 15) is 12.8 Å². The van der Waals surface area contributed by atoms with Crippen molar-refractivity contribution in [2.75, 3.05) is 16.7 Å². The van der Waals surface area contributed by atoms with E-state index >= 15 is 0 Å². The molecule has 0 atom stereocenters. The first-order valence-electron chi connectivity index (χ1n) is 9.75. The highest BCUT2D eigenvalue weighted by Crippen LogP contribution is 2.32. The van der Waals surface area contributed by atoms with E-state index in [0.29, 0.717) is 34.0 Å². The molecule has 2 aromatic carbocycles. The number of hydrogen-bond donors (Lipinski definition) is 2. The zero-order valence-electron chi connectivity index (χ0n) is 17.5. The Bertz CT molecular complexity index is 1600. The van der Waals surface area contributed by atoms with Gasteiger partial charge in [-0.2, -0.15) is 0 Å². The first-order valence-corrected chi connectivity index (χ1v) is 11.6. The quantitative estimate of drug-likeness (QED) is 0.372. The topological polar surface area (TPSA) is 151 Å². The monoisotopic (exact) mass is 481 g/mol. The number of benzene rings is 2. The molecule has 34 heavy (non-hydrogen) atoms. The van der Waals surface area contributed by atoms with E-state index in [1.807, 2.05) is 0 Å². The predicted molar refractivity (Wildman–Crippen MR) is 122 cm³/mol. The lowest BCUT2D eigenvalue weighted by atomic mass is 10.2. The van der Waals surface area contributed by atoms with Crippen LogP contribution in [-0.4, -0.2) is 39.5 Å². The minimum atomic E-state index is -3.43. The van der Waals surface area contributed by atoms with E-state index in [0.717, 1.165) is 6.26 Å². The maximum absolute atomic E-state index is 13.2. The first-order chi connectivity index (χ1) is 16.3. The fourth-order valence-corrected chi connectivity index (χ4v) is 3.87. The molecule has 0 unspecified atom stereocenters. The van der Waals surface area contributed by atoms with Crippen molar-refractivity contribution in [1.29, 1.82) is 0 Å². The number of pyridine rings is 1. The summed E-state index contributed by atoms with van der Waals surface area (Å²) in [4.78, 5) is 8.85. The summed E-state index contributed by atoms with van der Waals surface area (Å²) in [7, 11) is -3.43. The highest BCUT2D eigenvalue weighted by molar-refractivity contribution is 7.92. The Hall–Kier alpha value is -4.52. The molecule has 3 N–H and O–H groups in total. The van der Waals surface area contributed by atoms with Crippen LogP contribution in [-0.2, 0) is 10.0 Å². The number of nitrogens with zero attached hydrogens (tertiary/aromatic N) is 5. The predicted octanol–water partition coefficient (Wildman–Crippen LogP) is 3.36. The van der Waals surface area contributed by atoms with Gasteiger partial charge in [0.1, 0.15) is 17.1 Å². The molecule has 0 spiro atoms. The van der Waals surface area contributed by atoms with Crippen LogP contribution in [0, 0.1) is 5.82 Å². The maximum atomic E-state index is 13.2. The number of hydrogen-bond acceptors (Lipinski definition) is 9. The van der Waals surface area contributed by atoms with Crippen molar-refractivity contribution < 1.29 is 22.2 Å². The Morgan fingerprint density at radius 1 is 1.09 bits per heavy atom. The van der Waals surface area contributed by atoms with Crippen LogP contribution >= 0.6 is 0 Å². The number of fused-ring (bicyclic) bond motifs is 1. The van der Waals surface area contributed by atoms with Gasteiger partial charge < -0.3 is 10.5 Å². The number of imidazole rings is 1. The molecule has 5 aromatic rings. The third kappa shape index (κ3) is 4.23. The SMILES string of the molecule is CS(=O)(=O)Nc1ccc(-n2c(-c3nonc3N)nc3cnc(Oc4ccc(F)cc4)cc32)cc1. The molecule has 13 heteroatoms. The lowest BCUT2D eigenvalue weighted by molar-refractivity contribution is 0.310. The first kappa shape index (κ1) is 21.3. The summed E-state index contributed by atoms with van der Waals surface area (Å²) in [6.07, 6.45) is 2.58. The molecule has 0 aliphatic carbocycles. The van der Waals surface area contributed by atoms with Gasteiger partial charge in [-0.3, -0.25) is 9.29 Å². The fourth-order valence-electron chi connectivity index (χ4n) is 3.31. The second-order valence-corrected chi connectivity index (χ2v) is 9.01. The summed E-state index contributed by atoms with van der Waals surface area (Å²) in [6.45, 7) is 0. The molecule has 0 fully saturated rings. The van der Waals surface area contributed by atoms with Crippen LogP contribution in [0.25, 0.3) is 28.2 Å². The molecular formula is C21H16FN7O4S. The molecule has 3 heterocycles. The smallest absolute Gasteiger partial charge is 0.229 e. The van der Waals surface area contributed by atoms with Gasteiger partial charge in [0.05, 0.1) is 18.0 Å². The largest absolute Gasteiger partial charge is 0.439 e. The summed E-state index contributed by atoms with van der Waals surface area (Å²) in [5, 5.41) is 7.48. The van der Waals surface area contributed by atoms with Gasteiger partial charge in [-0.1, -0.05) is 0 Å². The second kappa shape index (κ2) is 8.12. The van der Waals surface area contributed by atoms with Crippen LogP contribution < -0.4 is 15.2 Å². The molecule has 172 valence electrons. The standard InChI is InChI=1S/C21H16FN7O4S/c1-34(30,31)28-13-4-6-14(7-5-13)29-17-10-18(32-15-8-2-12(22)3-9-15)24-11-16(17)25-21(29)19-20(23)27-33-26-19/h2-11,28H,1H3,(H2,23,27). The molecule has 0 bridgehead atoms. The molecule has 11 nitrogen and oxygen atoms in total. The number of nitrogens with two attached hydrogens (primary N) is 1. The van der Waals surface area contributed by atoms with Gasteiger partial charge in [-0.15, -0.1) is 0 Å². The third-order valence-corrected chi connectivity index (χ3v) is 5.31. The molecule has 0 saturated carbocycles. The van der Waals surface area contributed by atoms with Crippen LogP contribution in [0.15, 0.2) is 65.4 Å². The normalized spacial score (nSPS) is 11.6. The van der Waals surface area contributed by atoms with Crippen molar-refractivity contribution >= 4 is 32.6 Å². The summed E-state index contributed by atoms with van der Waals surface area (Å²) in [6, 6.07) is 13.8. The highest BCUT2D eigenvalue weighted by Gasteiger charge is 2.21. The zero-order valence-corrected chi connectivity index (χ0v) is 18.3. The van der Waals surface area contributed by atoms with Gasteiger partial charge in [-0.25, -0.2) is 27.4 Å². The van der Waals surface area contributed by atoms with Crippen molar-refractivity contribution in [3.05, 3.63) is 66.6 Å². The molecule has 0 aliphatic heterocycles. The maximum Gasteiger partial charge on any atom is 0.229 e. The number of halogens is 1. The van der Waals surface area contributed by atoms with Crippen LogP contribution in [0.5, 0.6) is 11.6 Å². The Morgan fingerprint density at radius 2 is 1.82 bits per heavy atom. The van der Waals surface area contributed by atoms with Crippen molar-refractivity contribution in [2.24, 2.45) is 0 Å². The fraction of sp³-hybridized carbons (Fsp3) is 0.0476. The molecule has 3 aromatic heterocycles. The highest BCUT2D eigenvalue weighted by atomic mass is 32.2. The number of ether oxygens (including phenoxy) is 1. The van der Waals surface area contributed by atoms with Gasteiger partial charge in [0.2, 0.25) is 15.9 Å². The Morgan fingerprint density at radius 3 is 2.47 bits per heavy atom. The van der Waals surface area contributed by atoms with Crippen molar-refractivity contribution in [3.8, 4) is 28.8 Å². The molecule has 0 amide bonds. The molecule has 0 aliphatic rings. The summed E-state index contributed by atoms with van der Waals surface area (Å²) < 4.78 is 50.9. The van der Waals surface area contributed by atoms with E-state index in [2.05, 4.69) is 25.0 Å². The van der Waals surface area contributed by atoms with Crippen molar-refractivity contribution in [3.63, 3.8) is 0 Å². The number of sulfonamides is 1. The van der Waals surface area contributed by atoms with E-state index in [4.69, 9.17) is 15.1 Å². The molecule has 0 saturated heterocycles. The van der Waals surface area contributed by atoms with E-state index in [-0.39, 0.29) is 23.2 Å². The van der Waals surface area contributed by atoms with Crippen LogP contribution in [0.3, 0.4) is 0 Å². The van der Waals surface area contributed by atoms with Crippen LogP contribution in [0.2, 0.25) is 0 Å².